The largest absolute Gasteiger partial charge is 0.398 e. The smallest absolute Gasteiger partial charge is 0.262 e. The molecule has 5 rings (SSSR count). The molecule has 308 valence electrons. The predicted molar refractivity (Wildman–Crippen MR) is 227 cm³/mol. The molecule has 58 heavy (non-hydrogen) atoms. The molecule has 0 bridgehead atoms. The number of hydrogen-bond acceptors (Lipinski definition) is 7. The molecule has 0 aromatic heterocycles. The van der Waals surface area contributed by atoms with Crippen molar-refractivity contribution in [3.63, 3.8) is 0 Å². The molecule has 2 heterocycles. The summed E-state index contributed by atoms with van der Waals surface area (Å²) in [6, 6.07) is 26.6. The number of rotatable bonds is 14. The zero-order valence-electron chi connectivity index (χ0n) is 34.8. The van der Waals surface area contributed by atoms with Gasteiger partial charge in [0.05, 0.1) is 11.6 Å². The van der Waals surface area contributed by atoms with Crippen LogP contribution in [0.2, 0.25) is 5.04 Å². The lowest BCUT2D eigenvalue weighted by Gasteiger charge is -2.44. The van der Waals surface area contributed by atoms with Gasteiger partial charge in [-0.05, 0) is 79.1 Å². The van der Waals surface area contributed by atoms with E-state index in [-0.39, 0.29) is 29.6 Å². The maximum absolute atomic E-state index is 14.1. The molecular formula is C46H59N5O6Si. The van der Waals surface area contributed by atoms with Gasteiger partial charge in [-0.3, -0.25) is 24.0 Å². The number of ketones is 1. The molecule has 3 aromatic carbocycles. The summed E-state index contributed by atoms with van der Waals surface area (Å²) in [6.07, 6.45) is 3.16. The molecule has 0 spiro atoms. The normalized spacial score (nSPS) is 22.4. The first-order valence-electron chi connectivity index (χ1n) is 20.7. The molecule has 3 aromatic rings. The zero-order chi connectivity index (χ0) is 42.1. The van der Waals surface area contributed by atoms with Gasteiger partial charge in [-0.15, -0.1) is 0 Å². The Kier molecular flexibility index (Phi) is 14.5. The summed E-state index contributed by atoms with van der Waals surface area (Å²) in [6.45, 7) is 12.1. The first-order valence-corrected chi connectivity index (χ1v) is 22.6. The fraction of sp³-hybridized carbons (Fsp3) is 0.478. The number of hydrogen-bond donors (Lipinski definition) is 3. The molecule has 2 fully saturated rings. The van der Waals surface area contributed by atoms with E-state index < -0.39 is 55.8 Å². The minimum atomic E-state index is -2.92. The molecule has 4 amide bonds. The Morgan fingerprint density at radius 3 is 2.09 bits per heavy atom. The third-order valence-electron chi connectivity index (χ3n) is 11.8. The maximum Gasteiger partial charge on any atom is 0.262 e. The van der Waals surface area contributed by atoms with Crippen molar-refractivity contribution in [1.29, 1.82) is 5.26 Å². The van der Waals surface area contributed by atoms with Crippen LogP contribution in [0.5, 0.6) is 0 Å². The Morgan fingerprint density at radius 2 is 1.52 bits per heavy atom. The average molecular weight is 806 g/mol. The van der Waals surface area contributed by atoms with Crippen LogP contribution in [0.1, 0.15) is 104 Å². The van der Waals surface area contributed by atoms with Crippen LogP contribution in [0.3, 0.4) is 0 Å². The number of nitrogens with zero attached hydrogens (tertiary/aromatic N) is 2. The quantitative estimate of drug-likeness (QED) is 0.155. The first kappa shape index (κ1) is 44.0. The van der Waals surface area contributed by atoms with E-state index in [1.807, 2.05) is 43.3 Å². The Morgan fingerprint density at radius 1 is 0.897 bits per heavy atom. The van der Waals surface area contributed by atoms with Crippen molar-refractivity contribution in [3.05, 3.63) is 96.1 Å². The van der Waals surface area contributed by atoms with Crippen LogP contribution in [0, 0.1) is 11.3 Å². The molecule has 5 atom stereocenters. The molecule has 0 saturated carbocycles. The van der Waals surface area contributed by atoms with Gasteiger partial charge in [0.15, 0.2) is 5.78 Å². The second-order valence-electron chi connectivity index (χ2n) is 17.0. The van der Waals surface area contributed by atoms with Gasteiger partial charge in [-0.1, -0.05) is 113 Å². The van der Waals surface area contributed by atoms with Crippen LogP contribution in [-0.2, 0) is 34.8 Å². The number of carbonyl (C=O) groups excluding carboxylic acids is 5. The maximum atomic E-state index is 14.1. The van der Waals surface area contributed by atoms with Gasteiger partial charge in [-0.25, -0.2) is 0 Å². The molecule has 11 nitrogen and oxygen atoms in total. The third kappa shape index (κ3) is 9.93. The summed E-state index contributed by atoms with van der Waals surface area (Å²) in [7, 11) is -2.92. The number of nitriles is 1. The fourth-order valence-electron chi connectivity index (χ4n) is 8.22. The summed E-state index contributed by atoms with van der Waals surface area (Å²) >= 11 is 0. The van der Waals surface area contributed by atoms with Crippen LogP contribution in [0.15, 0.2) is 84.9 Å². The lowest BCUT2D eigenvalue weighted by molar-refractivity contribution is -0.144. The first-order chi connectivity index (χ1) is 27.6. The molecule has 2 aliphatic heterocycles. The number of amides is 4. The minimum Gasteiger partial charge on any atom is -0.398 e. The van der Waals surface area contributed by atoms with E-state index in [4.69, 9.17) is 4.43 Å². The molecule has 0 unspecified atom stereocenters. The second-order valence-corrected chi connectivity index (χ2v) is 21.2. The van der Waals surface area contributed by atoms with Crippen molar-refractivity contribution >= 4 is 48.1 Å². The third-order valence-corrected chi connectivity index (χ3v) is 17.0. The van der Waals surface area contributed by atoms with Gasteiger partial charge in [0.2, 0.25) is 23.6 Å². The highest BCUT2D eigenvalue weighted by Crippen LogP contribution is 2.37. The highest BCUT2D eigenvalue weighted by Gasteiger charge is 2.51. The van der Waals surface area contributed by atoms with E-state index in [1.165, 1.54) is 4.90 Å². The van der Waals surface area contributed by atoms with Crippen molar-refractivity contribution in [1.82, 2.24) is 20.9 Å². The minimum absolute atomic E-state index is 0.0123. The van der Waals surface area contributed by atoms with E-state index in [9.17, 15) is 29.2 Å². The number of benzene rings is 3. The van der Waals surface area contributed by atoms with Crippen LogP contribution < -0.4 is 26.3 Å². The Balaban J connectivity index is 1.25. The summed E-state index contributed by atoms with van der Waals surface area (Å²) in [5.74, 6) is -1.73. The lowest BCUT2D eigenvalue weighted by atomic mass is 9.94. The summed E-state index contributed by atoms with van der Waals surface area (Å²) in [5, 5.41) is 19.9. The zero-order valence-corrected chi connectivity index (χ0v) is 35.8. The van der Waals surface area contributed by atoms with Gasteiger partial charge in [0.25, 0.3) is 8.32 Å². The molecule has 2 aliphatic rings. The van der Waals surface area contributed by atoms with Gasteiger partial charge in [0, 0.05) is 19.4 Å². The SMILES string of the molecule is CC[C@]1(C)NC(=O)[C@H](CCCCCC(=O)[C@@H](C)O[Si](c2ccccc2)(c2ccccc2)C(C)(C)C)NC(=O)[C@H]2CCCN2C(=O)[C@H](Cc2ccc(C#N)cc2)NC1=O. The van der Waals surface area contributed by atoms with E-state index in [0.717, 1.165) is 15.9 Å². The topological polar surface area (TPSA) is 158 Å². The standard InChI is InChI=1S/C46H59N5O6Si/c1-7-46(6)44(56)49-38(30-33-25-27-34(31-47)28-26-33)43(55)51-29-17-23-39(51)42(54)48-37(41(53)50-46)22-15-10-16-24-40(52)32(2)57-58(45(3,4)5,35-18-11-8-12-19-35)36-20-13-9-14-21-36/h8-9,11-14,18-21,25-28,32,37-39H,7,10,15-17,22-24,29-30H2,1-6H3,(H,48,54)(H,49,56)(H,50,53)/t32-,37+,38+,39-,46+/m1/s1. The summed E-state index contributed by atoms with van der Waals surface area (Å²) < 4.78 is 7.02. The van der Waals surface area contributed by atoms with Crippen molar-refractivity contribution in [2.75, 3.05) is 6.54 Å². The Hall–Kier alpha value is -5.12. The molecule has 0 radical (unpaired) electrons. The number of nitrogens with one attached hydrogen (secondary N) is 3. The highest BCUT2D eigenvalue weighted by molar-refractivity contribution is 6.99. The number of carbonyl (C=O) groups is 5. The Labute approximate surface area is 344 Å². The molecule has 3 N–H and O–H groups in total. The second kappa shape index (κ2) is 19.1. The van der Waals surface area contributed by atoms with E-state index in [0.29, 0.717) is 57.1 Å². The number of Topliss-reactive ketones (excluding diaryl/α,β-unsaturated/α-hetero) is 1. The van der Waals surface area contributed by atoms with Crippen LogP contribution in [-0.4, -0.2) is 78.9 Å². The monoisotopic (exact) mass is 805 g/mol. The molecule has 2 saturated heterocycles. The van der Waals surface area contributed by atoms with Gasteiger partial charge >= 0.3 is 0 Å². The average Bonchev–Trinajstić information content (AvgIpc) is 3.72. The molecular weight excluding hydrogens is 747 g/mol. The Bertz CT molecular complexity index is 1920. The van der Waals surface area contributed by atoms with Crippen LogP contribution in [0.4, 0.5) is 0 Å². The van der Waals surface area contributed by atoms with E-state index in [2.05, 4.69) is 67.1 Å². The van der Waals surface area contributed by atoms with Crippen molar-refractivity contribution in [2.24, 2.45) is 0 Å². The van der Waals surface area contributed by atoms with E-state index in [1.54, 1.807) is 38.1 Å². The number of fused-ring (bicyclic) bond motifs is 1. The van der Waals surface area contributed by atoms with Gasteiger partial charge in [-0.2, -0.15) is 5.26 Å². The summed E-state index contributed by atoms with van der Waals surface area (Å²) in [5.41, 5.74) is -0.138. The fourth-order valence-corrected chi connectivity index (χ4v) is 12.9. The summed E-state index contributed by atoms with van der Waals surface area (Å²) in [4.78, 5) is 70.9. The predicted octanol–water partition coefficient (Wildman–Crippen LogP) is 4.84. The highest BCUT2D eigenvalue weighted by atomic mass is 28.4. The van der Waals surface area contributed by atoms with Crippen LogP contribution in [0.25, 0.3) is 0 Å². The van der Waals surface area contributed by atoms with Crippen molar-refractivity contribution in [3.8, 4) is 6.07 Å². The van der Waals surface area contributed by atoms with E-state index >= 15 is 0 Å². The lowest BCUT2D eigenvalue weighted by Crippen LogP contribution is -2.68. The van der Waals surface area contributed by atoms with Crippen molar-refractivity contribution in [2.45, 2.75) is 134 Å². The molecule has 12 heteroatoms. The van der Waals surface area contributed by atoms with Crippen LogP contribution >= 0.6 is 0 Å². The van der Waals surface area contributed by atoms with Crippen molar-refractivity contribution < 1.29 is 28.4 Å². The molecule has 0 aliphatic carbocycles. The number of unbranched alkanes of at least 4 members (excludes halogenated alkanes) is 2. The van der Waals surface area contributed by atoms with Gasteiger partial charge < -0.3 is 25.3 Å². The van der Waals surface area contributed by atoms with Gasteiger partial charge in [0.1, 0.15) is 29.8 Å².